The van der Waals surface area contributed by atoms with Gasteiger partial charge >= 0.3 is 0 Å². The molecule has 0 N–H and O–H groups in total. The molecular weight excluding hydrogens is 779 g/mol. The summed E-state index contributed by atoms with van der Waals surface area (Å²) in [5.41, 5.74) is 16.5. The van der Waals surface area contributed by atoms with E-state index >= 15 is 0 Å². The molecule has 0 bridgehead atoms. The second-order valence-electron chi connectivity index (χ2n) is 16.6. The molecule has 0 atom stereocenters. The van der Waals surface area contributed by atoms with Gasteiger partial charge in [0.1, 0.15) is 11.5 Å². The van der Waals surface area contributed by atoms with Gasteiger partial charge in [0.2, 0.25) is 0 Å². The van der Waals surface area contributed by atoms with Crippen molar-refractivity contribution in [3.8, 4) is 78.9 Å². The summed E-state index contributed by atoms with van der Waals surface area (Å²) in [6.07, 6.45) is 0. The zero-order valence-electron chi connectivity index (χ0n) is 34.6. The summed E-state index contributed by atoms with van der Waals surface area (Å²) in [5, 5.41) is 3.14. The van der Waals surface area contributed by atoms with Crippen LogP contribution in [0.15, 0.2) is 224 Å². The molecular formula is C60H37N3O. The highest BCUT2D eigenvalue weighted by Crippen LogP contribution is 2.63. The Balaban J connectivity index is 1.03. The van der Waals surface area contributed by atoms with Gasteiger partial charge in [-0.3, -0.25) is 0 Å². The highest BCUT2D eigenvalue weighted by Gasteiger charge is 2.51. The fourth-order valence-electron chi connectivity index (χ4n) is 10.3. The molecule has 2 aliphatic rings. The Morgan fingerprint density at radius 1 is 0.344 bits per heavy atom. The summed E-state index contributed by atoms with van der Waals surface area (Å²) in [6, 6.07) is 79.4. The molecule has 0 saturated carbocycles. The molecule has 2 aromatic heterocycles. The number of para-hydroxylation sites is 1. The summed E-state index contributed by atoms with van der Waals surface area (Å²) < 4.78 is 7.23. The van der Waals surface area contributed by atoms with Crippen LogP contribution in [-0.2, 0) is 5.41 Å². The minimum Gasteiger partial charge on any atom is -0.456 e. The normalized spacial score (nSPS) is 12.9. The van der Waals surface area contributed by atoms with Crippen molar-refractivity contribution >= 4 is 21.7 Å². The summed E-state index contributed by atoms with van der Waals surface area (Å²) in [4.78, 5) is 15.7. The summed E-state index contributed by atoms with van der Waals surface area (Å²) in [6.45, 7) is 0. The molecule has 1 aliphatic carbocycles. The van der Waals surface area contributed by atoms with Gasteiger partial charge in [0.25, 0.3) is 0 Å². The van der Waals surface area contributed by atoms with E-state index in [1.807, 2.05) is 36.4 Å². The Labute approximate surface area is 370 Å². The van der Waals surface area contributed by atoms with Crippen LogP contribution in [0.3, 0.4) is 0 Å². The summed E-state index contributed by atoms with van der Waals surface area (Å²) in [5.74, 6) is 2.43. The van der Waals surface area contributed by atoms with Crippen molar-refractivity contribution < 1.29 is 4.74 Å². The molecule has 298 valence electrons. The number of fused-ring (bicyclic) bond motifs is 13. The molecule has 1 aliphatic heterocycles. The summed E-state index contributed by atoms with van der Waals surface area (Å²) in [7, 11) is 0. The summed E-state index contributed by atoms with van der Waals surface area (Å²) >= 11 is 0. The predicted molar refractivity (Wildman–Crippen MR) is 259 cm³/mol. The first-order valence-corrected chi connectivity index (χ1v) is 21.8. The minimum absolute atomic E-state index is 0.573. The SMILES string of the molecule is c1ccc(-c2cc(-c3cccc(-c4ccc5c(c4)nc(-c4ccccc4)c4ccc6c(c45)Oc4ccccc4C64c5ccccc5-c5ccccc54)c3)nc(-c3ccccc3)n2)cc1. The number of pyridine rings is 1. The van der Waals surface area contributed by atoms with Crippen molar-refractivity contribution in [1.82, 2.24) is 15.0 Å². The lowest BCUT2D eigenvalue weighted by atomic mass is 9.65. The van der Waals surface area contributed by atoms with Crippen LogP contribution in [0, 0.1) is 0 Å². The number of benzene rings is 9. The zero-order chi connectivity index (χ0) is 42.2. The fourth-order valence-corrected chi connectivity index (χ4v) is 10.3. The third-order valence-corrected chi connectivity index (χ3v) is 13.1. The molecule has 13 rings (SSSR count). The van der Waals surface area contributed by atoms with E-state index in [0.717, 1.165) is 94.8 Å². The zero-order valence-corrected chi connectivity index (χ0v) is 34.6. The number of aromatic nitrogens is 3. The van der Waals surface area contributed by atoms with Crippen molar-refractivity contribution in [3.05, 3.63) is 247 Å². The van der Waals surface area contributed by atoms with Crippen LogP contribution in [0.4, 0.5) is 0 Å². The van der Waals surface area contributed by atoms with Crippen molar-refractivity contribution in [2.45, 2.75) is 5.41 Å². The van der Waals surface area contributed by atoms with E-state index in [1.165, 1.54) is 22.3 Å². The van der Waals surface area contributed by atoms with Gasteiger partial charge in [0.15, 0.2) is 5.82 Å². The number of hydrogen-bond acceptors (Lipinski definition) is 4. The fraction of sp³-hybridized carbons (Fsp3) is 0.0167. The van der Waals surface area contributed by atoms with Crippen LogP contribution in [0.25, 0.3) is 89.1 Å². The van der Waals surface area contributed by atoms with E-state index in [-0.39, 0.29) is 0 Å². The molecule has 1 spiro atoms. The Morgan fingerprint density at radius 3 is 1.61 bits per heavy atom. The van der Waals surface area contributed by atoms with E-state index in [2.05, 4.69) is 188 Å². The quantitative estimate of drug-likeness (QED) is 0.162. The standard InChI is InChI=1S/C60H37N3O/c1-4-17-38(18-5-1)52-37-53(63-59(62-52)40-21-8-3-9-22-40)43-24-16-23-41(35-43)42-31-32-46-54(36-42)61-57(39-19-6-2-7-20-39)47-33-34-51-58(56(46)47)64-55-30-15-14-29-50(55)60(51)48-27-12-10-25-44(48)45-26-11-13-28-49(45)60/h1-37H. The van der Waals surface area contributed by atoms with Crippen LogP contribution in [0.5, 0.6) is 11.5 Å². The van der Waals surface area contributed by atoms with Crippen LogP contribution in [0.1, 0.15) is 22.3 Å². The first-order valence-electron chi connectivity index (χ1n) is 21.8. The predicted octanol–water partition coefficient (Wildman–Crippen LogP) is 15.0. The molecule has 0 radical (unpaired) electrons. The van der Waals surface area contributed by atoms with E-state index in [4.69, 9.17) is 19.7 Å². The van der Waals surface area contributed by atoms with E-state index in [9.17, 15) is 0 Å². The van der Waals surface area contributed by atoms with Gasteiger partial charge in [-0.05, 0) is 57.6 Å². The van der Waals surface area contributed by atoms with Gasteiger partial charge in [-0.1, -0.05) is 200 Å². The Kier molecular flexibility index (Phi) is 8.09. The lowest BCUT2D eigenvalue weighted by Gasteiger charge is -2.40. The number of ether oxygens (including phenoxy) is 1. The maximum Gasteiger partial charge on any atom is 0.160 e. The third kappa shape index (κ3) is 5.46. The highest BCUT2D eigenvalue weighted by molar-refractivity contribution is 6.15. The average molecular weight is 816 g/mol. The monoisotopic (exact) mass is 815 g/mol. The first-order chi connectivity index (χ1) is 31.7. The maximum absolute atomic E-state index is 7.23. The van der Waals surface area contributed by atoms with Gasteiger partial charge in [-0.25, -0.2) is 15.0 Å². The van der Waals surface area contributed by atoms with Gasteiger partial charge in [-0.2, -0.15) is 0 Å². The lowest BCUT2D eigenvalue weighted by Crippen LogP contribution is -2.32. The average Bonchev–Trinajstić information content (AvgIpc) is 3.67. The number of rotatable bonds is 5. The smallest absolute Gasteiger partial charge is 0.160 e. The molecule has 9 aromatic carbocycles. The molecule has 0 fully saturated rings. The van der Waals surface area contributed by atoms with Crippen molar-refractivity contribution in [2.75, 3.05) is 0 Å². The Bertz CT molecular complexity index is 3540. The van der Waals surface area contributed by atoms with Gasteiger partial charge in [0, 0.05) is 49.5 Å². The van der Waals surface area contributed by atoms with Crippen LogP contribution < -0.4 is 4.74 Å². The molecule has 64 heavy (non-hydrogen) atoms. The van der Waals surface area contributed by atoms with E-state index in [0.29, 0.717) is 5.82 Å². The lowest BCUT2D eigenvalue weighted by molar-refractivity contribution is 0.442. The van der Waals surface area contributed by atoms with Crippen LogP contribution in [0.2, 0.25) is 0 Å². The molecule has 0 unspecified atom stereocenters. The molecule has 0 amide bonds. The van der Waals surface area contributed by atoms with Gasteiger partial charge in [-0.15, -0.1) is 0 Å². The molecule has 4 nitrogen and oxygen atoms in total. The van der Waals surface area contributed by atoms with E-state index in [1.54, 1.807) is 0 Å². The first kappa shape index (κ1) is 36.2. The van der Waals surface area contributed by atoms with Crippen molar-refractivity contribution in [1.29, 1.82) is 0 Å². The highest BCUT2D eigenvalue weighted by atomic mass is 16.5. The largest absolute Gasteiger partial charge is 0.456 e. The Morgan fingerprint density at radius 2 is 0.891 bits per heavy atom. The number of nitrogens with zero attached hydrogens (tertiary/aromatic N) is 3. The minimum atomic E-state index is -0.573. The van der Waals surface area contributed by atoms with Gasteiger partial charge < -0.3 is 4.74 Å². The third-order valence-electron chi connectivity index (χ3n) is 13.1. The van der Waals surface area contributed by atoms with Crippen LogP contribution >= 0.6 is 0 Å². The van der Waals surface area contributed by atoms with Gasteiger partial charge in [0.05, 0.1) is 28.0 Å². The molecule has 0 saturated heterocycles. The topological polar surface area (TPSA) is 47.9 Å². The van der Waals surface area contributed by atoms with Crippen molar-refractivity contribution in [2.24, 2.45) is 0 Å². The van der Waals surface area contributed by atoms with Crippen LogP contribution in [-0.4, -0.2) is 15.0 Å². The van der Waals surface area contributed by atoms with Crippen molar-refractivity contribution in [3.63, 3.8) is 0 Å². The molecule has 11 aromatic rings. The van der Waals surface area contributed by atoms with E-state index < -0.39 is 5.41 Å². The second kappa shape index (κ2) is 14.3. The number of hydrogen-bond donors (Lipinski definition) is 0. The Hall–Kier alpha value is -8.47. The molecule has 3 heterocycles. The molecule has 4 heteroatoms. The maximum atomic E-state index is 7.23. The second-order valence-corrected chi connectivity index (χ2v) is 16.6.